The molecule has 2 saturated heterocycles. The maximum Gasteiger partial charge on any atom is 0.452 e. The van der Waals surface area contributed by atoms with Crippen LogP contribution in [0.2, 0.25) is 10.0 Å². The summed E-state index contributed by atoms with van der Waals surface area (Å²) in [6, 6.07) is 12.8. The number of nitrogens with zero attached hydrogens (tertiary/aromatic N) is 3. The summed E-state index contributed by atoms with van der Waals surface area (Å²) in [5.74, 6) is -0.240. The molecule has 1 saturated carbocycles. The highest BCUT2D eigenvalue weighted by atomic mass is 35.5. The van der Waals surface area contributed by atoms with Gasteiger partial charge in [0.25, 0.3) is 0 Å². The molecule has 3 aliphatic rings. The Kier molecular flexibility index (Phi) is 7.48. The summed E-state index contributed by atoms with van der Waals surface area (Å²) in [6.45, 7) is 1.96. The number of carboxylic acids is 1. The Balaban J connectivity index is 1.36. The molecule has 3 fully saturated rings. The molecule has 9 heteroatoms. The van der Waals surface area contributed by atoms with Crippen LogP contribution in [0.15, 0.2) is 42.5 Å². The fourth-order valence-electron chi connectivity index (χ4n) is 5.93. The average molecular weight is 545 g/mol. The van der Waals surface area contributed by atoms with Crippen LogP contribution in [0.25, 0.3) is 0 Å². The van der Waals surface area contributed by atoms with E-state index in [1.807, 2.05) is 30.3 Å². The van der Waals surface area contributed by atoms with Gasteiger partial charge in [-0.1, -0.05) is 60.0 Å². The summed E-state index contributed by atoms with van der Waals surface area (Å²) >= 11 is 12.5. The van der Waals surface area contributed by atoms with Crippen molar-refractivity contribution in [2.45, 2.75) is 50.9 Å². The highest BCUT2D eigenvalue weighted by molar-refractivity contribution is 6.35. The molecule has 2 aromatic rings. The lowest BCUT2D eigenvalue weighted by molar-refractivity contribution is -0.951. The number of hydrogen-bond acceptors (Lipinski definition) is 3. The van der Waals surface area contributed by atoms with Gasteiger partial charge < -0.3 is 5.11 Å². The number of carbonyl (C=O) groups is 3. The predicted octanol–water partition coefficient (Wildman–Crippen LogP) is 6.13. The van der Waals surface area contributed by atoms with E-state index in [4.69, 9.17) is 28.3 Å². The Morgan fingerprint density at radius 1 is 1.03 bits per heavy atom. The molecule has 1 aliphatic carbocycles. The lowest BCUT2D eigenvalue weighted by atomic mass is 9.85. The number of carboxylic acid groups (broad SMARTS) is 1. The minimum Gasteiger partial charge on any atom is -0.481 e. The maximum absolute atomic E-state index is 13.8. The van der Waals surface area contributed by atoms with Crippen LogP contribution in [-0.4, -0.2) is 63.8 Å². The number of carbonyl (C=O) groups excluding carboxylic acids is 2. The van der Waals surface area contributed by atoms with Crippen molar-refractivity contribution < 1.29 is 24.1 Å². The van der Waals surface area contributed by atoms with E-state index in [1.165, 1.54) is 4.90 Å². The van der Waals surface area contributed by atoms with Crippen LogP contribution >= 0.6 is 23.2 Å². The van der Waals surface area contributed by atoms with Crippen LogP contribution in [-0.2, 0) is 17.6 Å². The van der Waals surface area contributed by atoms with Gasteiger partial charge in [-0.25, -0.2) is 14.5 Å². The number of halogens is 2. The zero-order valence-corrected chi connectivity index (χ0v) is 22.3. The third kappa shape index (κ3) is 5.22. The molecule has 196 valence electrons. The second kappa shape index (κ2) is 10.6. The summed E-state index contributed by atoms with van der Waals surface area (Å²) < 4.78 is 0.0298. The fourth-order valence-corrected chi connectivity index (χ4v) is 6.44. The van der Waals surface area contributed by atoms with E-state index in [9.17, 15) is 14.4 Å². The molecule has 7 nitrogen and oxygen atoms in total. The fraction of sp³-hybridized carbons (Fsp3) is 0.464. The number of amides is 4. The second-order valence-corrected chi connectivity index (χ2v) is 11.4. The van der Waals surface area contributed by atoms with Gasteiger partial charge in [-0.05, 0) is 59.9 Å². The van der Waals surface area contributed by atoms with E-state index in [0.29, 0.717) is 48.6 Å². The molecule has 4 amide bonds. The number of quaternary nitrogens is 1. The third-order valence-electron chi connectivity index (χ3n) is 8.25. The summed E-state index contributed by atoms with van der Waals surface area (Å²) in [5.41, 5.74) is 2.77. The number of piperidine rings is 1. The summed E-state index contributed by atoms with van der Waals surface area (Å²) in [4.78, 5) is 40.1. The largest absolute Gasteiger partial charge is 0.481 e. The Bertz CT molecular complexity index is 1210. The molecule has 1 N–H and O–H groups in total. The van der Waals surface area contributed by atoms with Gasteiger partial charge in [0, 0.05) is 29.4 Å². The van der Waals surface area contributed by atoms with Crippen molar-refractivity contribution >= 4 is 41.2 Å². The molecule has 0 radical (unpaired) electrons. The van der Waals surface area contributed by atoms with E-state index in [1.54, 1.807) is 17.1 Å². The van der Waals surface area contributed by atoms with Gasteiger partial charge in [-0.15, -0.1) is 4.59 Å². The van der Waals surface area contributed by atoms with Crippen LogP contribution in [0, 0.1) is 5.92 Å². The number of aliphatic carboxylic acids is 1. The van der Waals surface area contributed by atoms with E-state index in [-0.39, 0.29) is 29.0 Å². The number of benzene rings is 2. The van der Waals surface area contributed by atoms with Gasteiger partial charge in [0.05, 0.1) is 13.0 Å². The van der Waals surface area contributed by atoms with Crippen molar-refractivity contribution in [2.24, 2.45) is 5.92 Å². The molecule has 2 aliphatic heterocycles. The molecule has 0 atom stereocenters. The Morgan fingerprint density at radius 2 is 1.78 bits per heavy atom. The average Bonchev–Trinajstić information content (AvgIpc) is 3.02. The quantitative estimate of drug-likeness (QED) is 0.405. The Labute approximate surface area is 227 Å². The number of rotatable bonds is 8. The number of urea groups is 2. The molecule has 1 spiro atoms. The molecular formula is C28H32Cl2N3O4+. The zero-order chi connectivity index (χ0) is 26.2. The van der Waals surface area contributed by atoms with Crippen molar-refractivity contribution in [3.8, 4) is 0 Å². The van der Waals surface area contributed by atoms with Gasteiger partial charge in [0.2, 0.25) is 0 Å². The van der Waals surface area contributed by atoms with Gasteiger partial charge in [-0.2, -0.15) is 5.01 Å². The highest BCUT2D eigenvalue weighted by Gasteiger charge is 2.60. The highest BCUT2D eigenvalue weighted by Crippen LogP contribution is 2.39. The lowest BCUT2D eigenvalue weighted by Gasteiger charge is -2.41. The molecule has 2 heterocycles. The van der Waals surface area contributed by atoms with Crippen LogP contribution < -0.4 is 0 Å². The summed E-state index contributed by atoms with van der Waals surface area (Å²) in [6.07, 6.45) is 5.29. The van der Waals surface area contributed by atoms with Crippen molar-refractivity contribution in [1.82, 2.24) is 9.91 Å². The van der Waals surface area contributed by atoms with Crippen molar-refractivity contribution in [3.05, 3.63) is 69.2 Å². The van der Waals surface area contributed by atoms with Gasteiger partial charge in [0.15, 0.2) is 0 Å². The Hall–Kier alpha value is -2.61. The predicted molar refractivity (Wildman–Crippen MR) is 141 cm³/mol. The standard InChI is InChI=1S/C28H31Cl2N3O4/c29-24-8-7-22(25(30)17-24)9-12-32-27(36)31(18-19-3-1-4-19)28(37)33(32)13-10-21(11-14-33)23-6-2-5-20(15-23)16-26(34)35/h2,5-8,15,17,19,21H,1,3-4,9-14,16,18H2/p+1. The van der Waals surface area contributed by atoms with E-state index < -0.39 is 5.97 Å². The van der Waals surface area contributed by atoms with E-state index in [0.717, 1.165) is 48.8 Å². The van der Waals surface area contributed by atoms with Crippen LogP contribution in [0.3, 0.4) is 0 Å². The van der Waals surface area contributed by atoms with Crippen molar-refractivity contribution in [2.75, 3.05) is 26.2 Å². The minimum atomic E-state index is -0.852. The topological polar surface area (TPSA) is 77.9 Å². The summed E-state index contributed by atoms with van der Waals surface area (Å²) in [7, 11) is 0. The lowest BCUT2D eigenvalue weighted by Crippen LogP contribution is -2.62. The van der Waals surface area contributed by atoms with Crippen LogP contribution in [0.4, 0.5) is 9.59 Å². The SMILES string of the molecule is O=C(O)Cc1cccc(C2CC[N+]3(CC2)C(=O)N(CC2CCC2)C(=O)N3CCc2ccc(Cl)cc2Cl)c1. The van der Waals surface area contributed by atoms with Crippen molar-refractivity contribution in [1.29, 1.82) is 0 Å². The van der Waals surface area contributed by atoms with Gasteiger partial charge >= 0.3 is 18.0 Å². The van der Waals surface area contributed by atoms with Gasteiger partial charge in [-0.3, -0.25) is 4.79 Å². The van der Waals surface area contributed by atoms with Gasteiger partial charge in [0.1, 0.15) is 13.1 Å². The van der Waals surface area contributed by atoms with Crippen LogP contribution in [0.1, 0.15) is 54.7 Å². The molecule has 0 unspecified atom stereocenters. The number of hydrogen-bond donors (Lipinski definition) is 1. The zero-order valence-electron chi connectivity index (χ0n) is 20.7. The first-order valence-corrected chi connectivity index (χ1v) is 13.8. The first kappa shape index (κ1) is 26.0. The van der Waals surface area contributed by atoms with E-state index >= 15 is 0 Å². The molecule has 37 heavy (non-hydrogen) atoms. The molecular weight excluding hydrogens is 513 g/mol. The third-order valence-corrected chi connectivity index (χ3v) is 8.83. The van der Waals surface area contributed by atoms with Crippen LogP contribution in [0.5, 0.6) is 0 Å². The molecule has 2 aromatic carbocycles. The Morgan fingerprint density at radius 3 is 2.43 bits per heavy atom. The van der Waals surface area contributed by atoms with E-state index in [2.05, 4.69) is 0 Å². The minimum absolute atomic E-state index is 0.00922. The summed E-state index contributed by atoms with van der Waals surface area (Å²) in [5, 5.41) is 12.0. The first-order valence-electron chi connectivity index (χ1n) is 13.0. The van der Waals surface area contributed by atoms with Crippen molar-refractivity contribution in [3.63, 3.8) is 0 Å². The first-order chi connectivity index (χ1) is 17.8. The smallest absolute Gasteiger partial charge is 0.452 e. The number of imide groups is 1. The molecule has 5 rings (SSSR count). The molecule has 0 bridgehead atoms. The second-order valence-electron chi connectivity index (χ2n) is 10.5. The maximum atomic E-state index is 13.8. The monoisotopic (exact) mass is 544 g/mol. The molecule has 0 aromatic heterocycles. The normalized spacial score (nSPS) is 24.1.